The molecule has 0 aliphatic heterocycles. The summed E-state index contributed by atoms with van der Waals surface area (Å²) in [5.41, 5.74) is 2.32. The van der Waals surface area contributed by atoms with Crippen LogP contribution < -0.4 is 5.32 Å². The van der Waals surface area contributed by atoms with Crippen LogP contribution in [-0.2, 0) is 12.6 Å². The monoisotopic (exact) mass is 181 g/mol. The van der Waals surface area contributed by atoms with E-state index in [2.05, 4.69) is 35.6 Å². The Labute approximate surface area is 80.2 Å². The normalized spacial score (nSPS) is 12.2. The van der Waals surface area contributed by atoms with Crippen LogP contribution in [0, 0.1) is 13.8 Å². The molecule has 1 heterocycles. The number of aromatic nitrogens is 2. The molecule has 1 aromatic heterocycles. The van der Waals surface area contributed by atoms with Crippen molar-refractivity contribution in [2.24, 2.45) is 7.05 Å². The minimum Gasteiger partial charge on any atom is -0.335 e. The van der Waals surface area contributed by atoms with Gasteiger partial charge in [-0.25, -0.2) is 4.98 Å². The molecule has 0 fully saturated rings. The molecule has 13 heavy (non-hydrogen) atoms. The third kappa shape index (κ3) is 1.61. The van der Waals surface area contributed by atoms with Gasteiger partial charge in [-0.15, -0.1) is 0 Å². The average molecular weight is 181 g/mol. The molecule has 3 heteroatoms. The van der Waals surface area contributed by atoms with Crippen molar-refractivity contribution in [2.75, 3.05) is 7.05 Å². The molecule has 1 aromatic rings. The highest BCUT2D eigenvalue weighted by atomic mass is 15.1. The summed E-state index contributed by atoms with van der Waals surface area (Å²) < 4.78 is 2.12. The van der Waals surface area contributed by atoms with E-state index < -0.39 is 0 Å². The molecule has 1 rings (SSSR count). The molecule has 0 spiro atoms. The molecule has 0 unspecified atom stereocenters. The third-order valence-corrected chi connectivity index (χ3v) is 2.82. The van der Waals surface area contributed by atoms with E-state index in [0.717, 1.165) is 11.5 Å². The molecule has 0 aromatic carbocycles. The minimum absolute atomic E-state index is 0.0455. The van der Waals surface area contributed by atoms with E-state index >= 15 is 0 Å². The molecule has 0 radical (unpaired) electrons. The van der Waals surface area contributed by atoms with Gasteiger partial charge in [0.15, 0.2) is 0 Å². The zero-order chi connectivity index (χ0) is 10.2. The molecule has 3 nitrogen and oxygen atoms in total. The van der Waals surface area contributed by atoms with Gasteiger partial charge in [0.05, 0.1) is 11.2 Å². The number of aryl methyl sites for hydroxylation is 1. The van der Waals surface area contributed by atoms with Crippen LogP contribution in [0.4, 0.5) is 0 Å². The summed E-state index contributed by atoms with van der Waals surface area (Å²) in [5, 5.41) is 3.26. The van der Waals surface area contributed by atoms with Crippen molar-refractivity contribution < 1.29 is 0 Å². The standard InChI is InChI=1S/C10H19N3/c1-7-9(10(3,4)11-5)12-8(2)13(7)6/h11H,1-6H3. The van der Waals surface area contributed by atoms with Crippen molar-refractivity contribution in [3.05, 3.63) is 17.2 Å². The van der Waals surface area contributed by atoms with Gasteiger partial charge in [-0.3, -0.25) is 0 Å². The van der Waals surface area contributed by atoms with Crippen molar-refractivity contribution in [2.45, 2.75) is 33.2 Å². The first-order valence-electron chi connectivity index (χ1n) is 4.59. The molecule has 0 saturated carbocycles. The number of imidazole rings is 1. The fraction of sp³-hybridized carbons (Fsp3) is 0.700. The molecule has 0 aliphatic carbocycles. The highest BCUT2D eigenvalue weighted by Crippen LogP contribution is 2.22. The van der Waals surface area contributed by atoms with Crippen molar-refractivity contribution in [1.82, 2.24) is 14.9 Å². The topological polar surface area (TPSA) is 29.9 Å². The number of hydrogen-bond acceptors (Lipinski definition) is 2. The predicted octanol–water partition coefficient (Wildman–Crippen LogP) is 1.49. The van der Waals surface area contributed by atoms with Crippen LogP contribution in [-0.4, -0.2) is 16.6 Å². The first-order chi connectivity index (χ1) is 5.90. The highest BCUT2D eigenvalue weighted by molar-refractivity contribution is 5.22. The third-order valence-electron chi connectivity index (χ3n) is 2.82. The predicted molar refractivity (Wildman–Crippen MR) is 54.8 cm³/mol. The Morgan fingerprint density at radius 2 is 1.85 bits per heavy atom. The van der Waals surface area contributed by atoms with Crippen LogP contribution in [0.2, 0.25) is 0 Å². The lowest BCUT2D eigenvalue weighted by Gasteiger charge is -2.22. The number of hydrogen-bond donors (Lipinski definition) is 1. The second-order valence-electron chi connectivity index (χ2n) is 4.03. The van der Waals surface area contributed by atoms with E-state index in [1.54, 1.807) is 0 Å². The Morgan fingerprint density at radius 1 is 1.31 bits per heavy atom. The summed E-state index contributed by atoms with van der Waals surface area (Å²) in [7, 11) is 4.01. The molecule has 0 bridgehead atoms. The molecular weight excluding hydrogens is 162 g/mol. The maximum Gasteiger partial charge on any atom is 0.105 e. The van der Waals surface area contributed by atoms with E-state index in [1.165, 1.54) is 5.69 Å². The maximum absolute atomic E-state index is 4.55. The van der Waals surface area contributed by atoms with Crippen molar-refractivity contribution >= 4 is 0 Å². The Morgan fingerprint density at radius 3 is 2.15 bits per heavy atom. The summed E-state index contributed by atoms with van der Waals surface area (Å²) in [6.45, 7) is 8.42. The van der Waals surface area contributed by atoms with Gasteiger partial charge < -0.3 is 9.88 Å². The molecule has 0 aliphatic rings. The van der Waals surface area contributed by atoms with Crippen LogP contribution in [0.25, 0.3) is 0 Å². The number of rotatable bonds is 2. The second-order valence-corrected chi connectivity index (χ2v) is 4.03. The van der Waals surface area contributed by atoms with Gasteiger partial charge in [-0.05, 0) is 34.7 Å². The van der Waals surface area contributed by atoms with E-state index in [0.29, 0.717) is 0 Å². The molecule has 0 amide bonds. The largest absolute Gasteiger partial charge is 0.335 e. The van der Waals surface area contributed by atoms with Crippen LogP contribution in [0.3, 0.4) is 0 Å². The van der Waals surface area contributed by atoms with Gasteiger partial charge in [-0.1, -0.05) is 0 Å². The fourth-order valence-electron chi connectivity index (χ4n) is 1.43. The van der Waals surface area contributed by atoms with Crippen LogP contribution in [0.1, 0.15) is 31.1 Å². The Kier molecular flexibility index (Phi) is 2.48. The number of nitrogens with one attached hydrogen (secondary N) is 1. The van der Waals surface area contributed by atoms with Crippen molar-refractivity contribution in [1.29, 1.82) is 0 Å². The summed E-state index contributed by atoms with van der Waals surface area (Å²) in [5.74, 6) is 1.07. The van der Waals surface area contributed by atoms with Crippen LogP contribution >= 0.6 is 0 Å². The van der Waals surface area contributed by atoms with Crippen LogP contribution in [0.5, 0.6) is 0 Å². The fourth-order valence-corrected chi connectivity index (χ4v) is 1.43. The summed E-state index contributed by atoms with van der Waals surface area (Å²) in [4.78, 5) is 4.55. The zero-order valence-corrected chi connectivity index (χ0v) is 9.39. The quantitative estimate of drug-likeness (QED) is 0.749. The van der Waals surface area contributed by atoms with Gasteiger partial charge in [-0.2, -0.15) is 0 Å². The molecule has 0 saturated heterocycles. The lowest BCUT2D eigenvalue weighted by atomic mass is 10.00. The van der Waals surface area contributed by atoms with Crippen LogP contribution in [0.15, 0.2) is 0 Å². The smallest absolute Gasteiger partial charge is 0.105 e. The zero-order valence-electron chi connectivity index (χ0n) is 9.39. The lowest BCUT2D eigenvalue weighted by Crippen LogP contribution is -2.34. The van der Waals surface area contributed by atoms with Gasteiger partial charge in [0.2, 0.25) is 0 Å². The molecular formula is C10H19N3. The minimum atomic E-state index is -0.0455. The Balaban J connectivity index is 3.23. The highest BCUT2D eigenvalue weighted by Gasteiger charge is 2.24. The summed E-state index contributed by atoms with van der Waals surface area (Å²) >= 11 is 0. The van der Waals surface area contributed by atoms with E-state index in [-0.39, 0.29) is 5.54 Å². The SMILES string of the molecule is CNC(C)(C)c1nc(C)n(C)c1C. The average Bonchev–Trinajstić information content (AvgIpc) is 2.33. The summed E-state index contributed by atoms with van der Waals surface area (Å²) in [6, 6.07) is 0. The molecule has 1 N–H and O–H groups in total. The van der Waals surface area contributed by atoms with Crippen molar-refractivity contribution in [3.63, 3.8) is 0 Å². The molecule has 74 valence electrons. The second kappa shape index (κ2) is 3.14. The van der Waals surface area contributed by atoms with Gasteiger partial charge >= 0.3 is 0 Å². The lowest BCUT2D eigenvalue weighted by molar-refractivity contribution is 0.430. The first kappa shape index (κ1) is 10.3. The number of nitrogens with zero attached hydrogens (tertiary/aromatic N) is 2. The van der Waals surface area contributed by atoms with Gasteiger partial charge in [0, 0.05) is 12.7 Å². The first-order valence-corrected chi connectivity index (χ1v) is 4.59. The van der Waals surface area contributed by atoms with E-state index in [9.17, 15) is 0 Å². The van der Waals surface area contributed by atoms with Gasteiger partial charge in [0.1, 0.15) is 5.82 Å². The van der Waals surface area contributed by atoms with Crippen molar-refractivity contribution in [3.8, 4) is 0 Å². The maximum atomic E-state index is 4.55. The van der Waals surface area contributed by atoms with E-state index in [1.807, 2.05) is 21.0 Å². The van der Waals surface area contributed by atoms with E-state index in [4.69, 9.17) is 0 Å². The van der Waals surface area contributed by atoms with Gasteiger partial charge in [0.25, 0.3) is 0 Å². The Hall–Kier alpha value is -0.830. The molecule has 0 atom stereocenters. The Bertz CT molecular complexity index is 310. The summed E-state index contributed by atoms with van der Waals surface area (Å²) in [6.07, 6.45) is 0.